The molecule has 0 saturated carbocycles. The minimum absolute atomic E-state index is 0.359. The van der Waals surface area contributed by atoms with Crippen LogP contribution in [0.15, 0.2) is 18.3 Å². The fourth-order valence-corrected chi connectivity index (χ4v) is 1.98. The van der Waals surface area contributed by atoms with Crippen LogP contribution in [0.25, 0.3) is 0 Å². The fourth-order valence-electron chi connectivity index (χ4n) is 1.98. The van der Waals surface area contributed by atoms with Gasteiger partial charge in [0.05, 0.1) is 0 Å². The molecule has 0 aromatic carbocycles. The van der Waals surface area contributed by atoms with Crippen molar-refractivity contribution in [1.29, 1.82) is 0 Å². The number of aromatic nitrogens is 1. The van der Waals surface area contributed by atoms with Crippen molar-refractivity contribution >= 4 is 5.82 Å². The average molecular weight is 235 g/mol. The van der Waals surface area contributed by atoms with Gasteiger partial charge in [0.25, 0.3) is 0 Å². The van der Waals surface area contributed by atoms with Gasteiger partial charge in [-0.3, -0.25) is 0 Å². The standard InChI is InChI=1S/C14H25N3/c1-5-9-15-12(3)13-8-7-10-16-14(13)17(4)11-6-2/h7-8,10,12,15H,5-6,9,11H2,1-4H3. The number of hydrogen-bond donors (Lipinski definition) is 1. The van der Waals surface area contributed by atoms with Crippen molar-refractivity contribution in [2.24, 2.45) is 0 Å². The quantitative estimate of drug-likeness (QED) is 0.787. The van der Waals surface area contributed by atoms with Crippen LogP contribution in [0.2, 0.25) is 0 Å². The molecule has 1 heterocycles. The smallest absolute Gasteiger partial charge is 0.133 e. The summed E-state index contributed by atoms with van der Waals surface area (Å²) in [7, 11) is 2.11. The molecule has 3 heteroatoms. The summed E-state index contributed by atoms with van der Waals surface area (Å²) in [5, 5.41) is 3.52. The summed E-state index contributed by atoms with van der Waals surface area (Å²) < 4.78 is 0. The molecule has 0 aliphatic rings. The molecule has 0 spiro atoms. The Balaban J connectivity index is 2.83. The van der Waals surface area contributed by atoms with Crippen molar-refractivity contribution in [3.8, 4) is 0 Å². The summed E-state index contributed by atoms with van der Waals surface area (Å²) in [5.74, 6) is 1.10. The van der Waals surface area contributed by atoms with Gasteiger partial charge >= 0.3 is 0 Å². The van der Waals surface area contributed by atoms with E-state index in [1.165, 1.54) is 5.56 Å². The molecule has 1 aromatic heterocycles. The van der Waals surface area contributed by atoms with E-state index >= 15 is 0 Å². The highest BCUT2D eigenvalue weighted by atomic mass is 15.2. The molecule has 0 bridgehead atoms. The third-order valence-electron chi connectivity index (χ3n) is 2.90. The summed E-state index contributed by atoms with van der Waals surface area (Å²) in [6, 6.07) is 4.54. The minimum Gasteiger partial charge on any atom is -0.359 e. The molecule has 1 N–H and O–H groups in total. The van der Waals surface area contributed by atoms with E-state index in [2.05, 4.69) is 49.1 Å². The third kappa shape index (κ3) is 4.00. The molecule has 1 atom stereocenters. The zero-order valence-corrected chi connectivity index (χ0v) is 11.5. The molecule has 0 aliphatic heterocycles. The Labute approximate surface area is 105 Å². The van der Waals surface area contributed by atoms with Crippen LogP contribution in [-0.4, -0.2) is 25.1 Å². The van der Waals surface area contributed by atoms with E-state index in [4.69, 9.17) is 0 Å². The van der Waals surface area contributed by atoms with E-state index in [9.17, 15) is 0 Å². The molecule has 1 unspecified atom stereocenters. The van der Waals surface area contributed by atoms with Gasteiger partial charge in [-0.2, -0.15) is 0 Å². The summed E-state index contributed by atoms with van der Waals surface area (Å²) in [6.07, 6.45) is 4.17. The molecular formula is C14H25N3. The van der Waals surface area contributed by atoms with Crippen molar-refractivity contribution in [1.82, 2.24) is 10.3 Å². The van der Waals surface area contributed by atoms with E-state index < -0.39 is 0 Å². The van der Waals surface area contributed by atoms with Crippen molar-refractivity contribution < 1.29 is 0 Å². The average Bonchev–Trinajstić information content (AvgIpc) is 2.36. The second-order valence-corrected chi connectivity index (χ2v) is 4.51. The van der Waals surface area contributed by atoms with Gasteiger partial charge in [-0.05, 0) is 32.4 Å². The molecule has 3 nitrogen and oxygen atoms in total. The van der Waals surface area contributed by atoms with Crippen LogP contribution in [0, 0.1) is 0 Å². The monoisotopic (exact) mass is 235 g/mol. The number of nitrogens with one attached hydrogen (secondary N) is 1. The molecule has 0 aliphatic carbocycles. The first kappa shape index (κ1) is 14.0. The SMILES string of the molecule is CCCNC(C)c1cccnc1N(C)CCC. The van der Waals surface area contributed by atoms with Crippen LogP contribution >= 0.6 is 0 Å². The topological polar surface area (TPSA) is 28.2 Å². The van der Waals surface area contributed by atoms with Gasteiger partial charge in [0.15, 0.2) is 0 Å². The lowest BCUT2D eigenvalue weighted by atomic mass is 10.1. The molecule has 0 fully saturated rings. The highest BCUT2D eigenvalue weighted by molar-refractivity contribution is 5.47. The highest BCUT2D eigenvalue weighted by Gasteiger charge is 2.13. The van der Waals surface area contributed by atoms with Gasteiger partial charge in [-0.1, -0.05) is 19.9 Å². The fraction of sp³-hybridized carbons (Fsp3) is 0.643. The zero-order chi connectivity index (χ0) is 12.7. The van der Waals surface area contributed by atoms with Crippen molar-refractivity contribution in [3.05, 3.63) is 23.9 Å². The maximum atomic E-state index is 4.51. The van der Waals surface area contributed by atoms with Gasteiger partial charge in [-0.15, -0.1) is 0 Å². The predicted molar refractivity (Wildman–Crippen MR) is 74.5 cm³/mol. The molecule has 0 radical (unpaired) electrons. The van der Waals surface area contributed by atoms with E-state index in [0.717, 1.165) is 31.7 Å². The maximum absolute atomic E-state index is 4.51. The molecule has 0 saturated heterocycles. The number of rotatable bonds is 7. The first-order valence-corrected chi connectivity index (χ1v) is 6.60. The molecule has 1 aromatic rings. The lowest BCUT2D eigenvalue weighted by Crippen LogP contribution is -2.25. The lowest BCUT2D eigenvalue weighted by Gasteiger charge is -2.23. The van der Waals surface area contributed by atoms with Gasteiger partial charge in [0.2, 0.25) is 0 Å². The third-order valence-corrected chi connectivity index (χ3v) is 2.90. The van der Waals surface area contributed by atoms with Crippen LogP contribution < -0.4 is 10.2 Å². The van der Waals surface area contributed by atoms with Crippen LogP contribution in [0.4, 0.5) is 5.82 Å². The molecule has 1 rings (SSSR count). The maximum Gasteiger partial charge on any atom is 0.133 e. The number of pyridine rings is 1. The Kier molecular flexibility index (Phi) is 5.98. The Morgan fingerprint density at radius 3 is 2.76 bits per heavy atom. The van der Waals surface area contributed by atoms with Crippen LogP contribution in [0.3, 0.4) is 0 Å². The summed E-state index contributed by atoms with van der Waals surface area (Å²) in [6.45, 7) is 8.68. The zero-order valence-electron chi connectivity index (χ0n) is 11.5. The van der Waals surface area contributed by atoms with Crippen LogP contribution in [0.5, 0.6) is 0 Å². The molecular weight excluding hydrogens is 210 g/mol. The molecule has 96 valence electrons. The summed E-state index contributed by atoms with van der Waals surface area (Å²) >= 11 is 0. The van der Waals surface area contributed by atoms with E-state index in [1.807, 2.05) is 12.3 Å². The highest BCUT2D eigenvalue weighted by Crippen LogP contribution is 2.22. The molecule has 17 heavy (non-hydrogen) atoms. The largest absolute Gasteiger partial charge is 0.359 e. The van der Waals surface area contributed by atoms with Crippen molar-refractivity contribution in [2.45, 2.75) is 39.7 Å². The Hall–Kier alpha value is -1.09. The second-order valence-electron chi connectivity index (χ2n) is 4.51. The Bertz CT molecular complexity index is 325. The molecule has 0 amide bonds. The minimum atomic E-state index is 0.359. The van der Waals surface area contributed by atoms with Crippen LogP contribution in [-0.2, 0) is 0 Å². The van der Waals surface area contributed by atoms with Gasteiger partial charge in [-0.25, -0.2) is 4.98 Å². The normalized spacial score (nSPS) is 12.5. The Morgan fingerprint density at radius 2 is 2.12 bits per heavy atom. The van der Waals surface area contributed by atoms with Gasteiger partial charge in [0, 0.05) is 31.4 Å². The van der Waals surface area contributed by atoms with Crippen molar-refractivity contribution in [3.63, 3.8) is 0 Å². The van der Waals surface area contributed by atoms with E-state index in [1.54, 1.807) is 0 Å². The Morgan fingerprint density at radius 1 is 1.35 bits per heavy atom. The van der Waals surface area contributed by atoms with Gasteiger partial charge in [0.1, 0.15) is 5.82 Å². The summed E-state index contributed by atoms with van der Waals surface area (Å²) in [5.41, 5.74) is 1.29. The first-order chi connectivity index (χ1) is 8.20. The van der Waals surface area contributed by atoms with Crippen LogP contribution in [0.1, 0.15) is 45.2 Å². The number of anilines is 1. The lowest BCUT2D eigenvalue weighted by molar-refractivity contribution is 0.568. The number of hydrogen-bond acceptors (Lipinski definition) is 3. The predicted octanol–water partition coefficient (Wildman–Crippen LogP) is 2.99. The van der Waals surface area contributed by atoms with Crippen molar-refractivity contribution in [2.75, 3.05) is 25.0 Å². The van der Waals surface area contributed by atoms with E-state index in [-0.39, 0.29) is 0 Å². The number of nitrogens with zero attached hydrogens (tertiary/aromatic N) is 2. The first-order valence-electron chi connectivity index (χ1n) is 6.60. The van der Waals surface area contributed by atoms with Gasteiger partial charge < -0.3 is 10.2 Å². The van der Waals surface area contributed by atoms with E-state index in [0.29, 0.717) is 6.04 Å². The summed E-state index contributed by atoms with van der Waals surface area (Å²) in [4.78, 5) is 6.75. The second kappa shape index (κ2) is 7.28.